The molecule has 18 heavy (non-hydrogen) atoms. The summed E-state index contributed by atoms with van der Waals surface area (Å²) >= 11 is 6.20. The molecular formula is C14H16ClN3. The predicted octanol–water partition coefficient (Wildman–Crippen LogP) is 2.81. The quantitative estimate of drug-likeness (QED) is 0.856. The normalized spacial score (nSPS) is 31.6. The first kappa shape index (κ1) is 10.8. The molecule has 2 heterocycles. The molecule has 0 bridgehead atoms. The Bertz CT molecular complexity index is 621. The fourth-order valence-corrected chi connectivity index (χ4v) is 3.87. The molecule has 94 valence electrons. The Morgan fingerprint density at radius 1 is 1.50 bits per heavy atom. The van der Waals surface area contributed by atoms with Gasteiger partial charge in [0.15, 0.2) is 0 Å². The average molecular weight is 262 g/mol. The topological polar surface area (TPSA) is 31.9 Å². The van der Waals surface area contributed by atoms with Crippen molar-refractivity contribution in [2.75, 3.05) is 20.1 Å². The number of H-pyrrole nitrogens is 1. The Morgan fingerprint density at radius 3 is 3.28 bits per heavy atom. The molecule has 1 N–H and O–H groups in total. The first-order chi connectivity index (χ1) is 8.71. The van der Waals surface area contributed by atoms with Crippen LogP contribution >= 0.6 is 11.6 Å². The lowest BCUT2D eigenvalue weighted by Gasteiger charge is -2.29. The van der Waals surface area contributed by atoms with Gasteiger partial charge in [0.25, 0.3) is 0 Å². The van der Waals surface area contributed by atoms with Crippen LogP contribution in [0.5, 0.6) is 0 Å². The summed E-state index contributed by atoms with van der Waals surface area (Å²) in [6, 6.07) is 6.06. The van der Waals surface area contributed by atoms with Gasteiger partial charge < -0.3 is 4.90 Å². The maximum atomic E-state index is 6.20. The van der Waals surface area contributed by atoms with E-state index in [0.717, 1.165) is 23.0 Å². The number of aromatic amines is 1. The molecule has 1 saturated heterocycles. The zero-order valence-electron chi connectivity index (χ0n) is 10.4. The number of piperidine rings is 1. The Morgan fingerprint density at radius 2 is 2.39 bits per heavy atom. The Kier molecular flexibility index (Phi) is 2.10. The van der Waals surface area contributed by atoms with E-state index in [2.05, 4.69) is 28.2 Å². The second-order valence-corrected chi connectivity index (χ2v) is 6.23. The zero-order chi connectivity index (χ0) is 12.3. The summed E-state index contributed by atoms with van der Waals surface area (Å²) in [6.45, 7) is 2.36. The lowest BCUT2D eigenvalue weighted by Crippen LogP contribution is -2.36. The summed E-state index contributed by atoms with van der Waals surface area (Å²) in [7, 11) is 2.21. The largest absolute Gasteiger partial charge is 0.305 e. The molecule has 2 aliphatic rings. The smallest absolute Gasteiger partial charge is 0.111 e. The van der Waals surface area contributed by atoms with Gasteiger partial charge in [0.2, 0.25) is 0 Å². The molecule has 0 spiro atoms. The number of likely N-dealkylation sites (tertiary alicyclic amines) is 1. The van der Waals surface area contributed by atoms with Crippen LogP contribution < -0.4 is 0 Å². The number of rotatable bonds is 1. The molecule has 2 aromatic rings. The lowest BCUT2D eigenvalue weighted by atomic mass is 9.91. The van der Waals surface area contributed by atoms with E-state index in [4.69, 9.17) is 11.6 Å². The Hall–Kier alpha value is -1.06. The van der Waals surface area contributed by atoms with Crippen LogP contribution in [-0.4, -0.2) is 35.2 Å². The minimum atomic E-state index is 0.312. The maximum absolute atomic E-state index is 6.20. The van der Waals surface area contributed by atoms with Crippen molar-refractivity contribution in [1.82, 2.24) is 15.1 Å². The highest BCUT2D eigenvalue weighted by Crippen LogP contribution is 2.59. The number of aromatic nitrogens is 2. The molecule has 2 fully saturated rings. The summed E-state index contributed by atoms with van der Waals surface area (Å²) in [4.78, 5) is 2.43. The van der Waals surface area contributed by atoms with Gasteiger partial charge in [-0.2, -0.15) is 5.10 Å². The van der Waals surface area contributed by atoms with Gasteiger partial charge in [-0.05, 0) is 38.4 Å². The fraction of sp³-hybridized carbons (Fsp3) is 0.500. The maximum Gasteiger partial charge on any atom is 0.111 e. The summed E-state index contributed by atoms with van der Waals surface area (Å²) in [5.41, 5.74) is 2.53. The monoisotopic (exact) mass is 261 g/mol. The van der Waals surface area contributed by atoms with Crippen molar-refractivity contribution < 1.29 is 0 Å². The van der Waals surface area contributed by atoms with E-state index in [1.807, 2.05) is 12.1 Å². The van der Waals surface area contributed by atoms with E-state index in [1.54, 1.807) is 0 Å². The summed E-state index contributed by atoms with van der Waals surface area (Å²) in [6.07, 6.45) is 2.60. The number of nitrogens with one attached hydrogen (secondary N) is 1. The molecule has 0 radical (unpaired) electrons. The number of nitrogens with zero attached hydrogens (tertiary/aromatic N) is 2. The predicted molar refractivity (Wildman–Crippen MR) is 73.0 cm³/mol. The average Bonchev–Trinajstić information content (AvgIpc) is 2.89. The van der Waals surface area contributed by atoms with Crippen LogP contribution in [-0.2, 0) is 5.41 Å². The first-order valence-electron chi connectivity index (χ1n) is 6.52. The molecule has 1 saturated carbocycles. The molecule has 4 heteroatoms. The van der Waals surface area contributed by atoms with Crippen LogP contribution in [0.4, 0.5) is 0 Å². The van der Waals surface area contributed by atoms with Crippen LogP contribution in [0.2, 0.25) is 5.02 Å². The SMILES string of the molecule is CN1CCC2CC2(c2[nH]nc3c(Cl)cccc23)C1. The highest BCUT2D eigenvalue weighted by Gasteiger charge is 2.58. The van der Waals surface area contributed by atoms with E-state index in [-0.39, 0.29) is 0 Å². The van der Waals surface area contributed by atoms with Gasteiger partial charge in [0.05, 0.1) is 10.7 Å². The number of benzene rings is 1. The molecule has 1 aromatic carbocycles. The molecule has 3 nitrogen and oxygen atoms in total. The van der Waals surface area contributed by atoms with Gasteiger partial charge in [-0.1, -0.05) is 23.7 Å². The number of para-hydroxylation sites is 1. The lowest BCUT2D eigenvalue weighted by molar-refractivity contribution is 0.241. The summed E-state index contributed by atoms with van der Waals surface area (Å²) < 4.78 is 0. The van der Waals surface area contributed by atoms with Gasteiger partial charge in [-0.15, -0.1) is 0 Å². The number of fused-ring (bicyclic) bond motifs is 2. The number of hydrogen-bond donors (Lipinski definition) is 1. The van der Waals surface area contributed by atoms with Crippen LogP contribution in [0.25, 0.3) is 10.9 Å². The molecular weight excluding hydrogens is 246 g/mol. The number of halogens is 1. The second kappa shape index (κ2) is 3.49. The van der Waals surface area contributed by atoms with Crippen molar-refractivity contribution >= 4 is 22.5 Å². The summed E-state index contributed by atoms with van der Waals surface area (Å²) in [5, 5.41) is 9.63. The third-order valence-electron chi connectivity index (χ3n) is 4.68. The van der Waals surface area contributed by atoms with E-state index < -0.39 is 0 Å². The molecule has 1 aliphatic carbocycles. The molecule has 2 atom stereocenters. The van der Waals surface area contributed by atoms with E-state index in [9.17, 15) is 0 Å². The van der Waals surface area contributed by atoms with Gasteiger partial charge in [-0.3, -0.25) is 5.10 Å². The third kappa shape index (κ3) is 1.32. The number of hydrogen-bond acceptors (Lipinski definition) is 2. The Balaban J connectivity index is 1.86. The van der Waals surface area contributed by atoms with E-state index in [0.29, 0.717) is 5.41 Å². The second-order valence-electron chi connectivity index (χ2n) is 5.82. The molecule has 4 rings (SSSR count). The van der Waals surface area contributed by atoms with E-state index >= 15 is 0 Å². The van der Waals surface area contributed by atoms with Gasteiger partial charge in [0, 0.05) is 17.3 Å². The minimum Gasteiger partial charge on any atom is -0.305 e. The Labute approximate surface area is 111 Å². The van der Waals surface area contributed by atoms with Crippen LogP contribution in [0.3, 0.4) is 0 Å². The third-order valence-corrected chi connectivity index (χ3v) is 4.98. The standard InChI is InChI=1S/C14H16ClN3/c1-18-6-5-9-7-14(9,8-18)13-10-3-2-4-11(15)12(10)16-17-13/h2-4,9H,5-8H2,1H3,(H,16,17). The van der Waals surface area contributed by atoms with Crippen LogP contribution in [0.15, 0.2) is 18.2 Å². The molecule has 1 aromatic heterocycles. The molecule has 0 amide bonds. The van der Waals surface area contributed by atoms with Crippen molar-refractivity contribution in [2.45, 2.75) is 18.3 Å². The van der Waals surface area contributed by atoms with Crippen LogP contribution in [0, 0.1) is 5.92 Å². The van der Waals surface area contributed by atoms with Gasteiger partial charge >= 0.3 is 0 Å². The van der Waals surface area contributed by atoms with Crippen LogP contribution in [0.1, 0.15) is 18.5 Å². The van der Waals surface area contributed by atoms with Crippen molar-refractivity contribution in [3.05, 3.63) is 28.9 Å². The molecule has 2 unspecified atom stereocenters. The van der Waals surface area contributed by atoms with E-state index in [1.165, 1.54) is 30.5 Å². The zero-order valence-corrected chi connectivity index (χ0v) is 11.2. The fourth-order valence-electron chi connectivity index (χ4n) is 3.66. The van der Waals surface area contributed by atoms with Crippen molar-refractivity contribution in [3.8, 4) is 0 Å². The first-order valence-corrected chi connectivity index (χ1v) is 6.90. The van der Waals surface area contributed by atoms with Crippen molar-refractivity contribution in [1.29, 1.82) is 0 Å². The van der Waals surface area contributed by atoms with Crippen molar-refractivity contribution in [3.63, 3.8) is 0 Å². The van der Waals surface area contributed by atoms with Gasteiger partial charge in [-0.25, -0.2) is 0 Å². The van der Waals surface area contributed by atoms with Crippen molar-refractivity contribution in [2.24, 2.45) is 5.92 Å². The highest BCUT2D eigenvalue weighted by atomic mass is 35.5. The number of likely N-dealkylation sites (N-methyl/N-ethyl adjacent to an activating group) is 1. The van der Waals surface area contributed by atoms with Gasteiger partial charge in [0.1, 0.15) is 5.52 Å². The highest BCUT2D eigenvalue weighted by molar-refractivity contribution is 6.35. The molecule has 1 aliphatic heterocycles. The minimum absolute atomic E-state index is 0.312. The summed E-state index contributed by atoms with van der Waals surface area (Å²) in [5.74, 6) is 0.830.